The molecule has 1 heterocycles. The molecule has 3 rings (SSSR count). The van der Waals surface area contributed by atoms with E-state index in [9.17, 15) is 5.11 Å². The lowest BCUT2D eigenvalue weighted by Crippen LogP contribution is -2.06. The lowest BCUT2D eigenvalue weighted by Gasteiger charge is -2.33. The number of benzene rings is 2. The van der Waals surface area contributed by atoms with Crippen LogP contribution in [-0.4, -0.2) is 6.72 Å². The maximum atomic E-state index is 11.7. The van der Waals surface area contributed by atoms with Crippen LogP contribution in [0, 0.1) is 0 Å². The van der Waals surface area contributed by atoms with Crippen LogP contribution in [0.25, 0.3) is 5.32 Å². The molecule has 0 bridgehead atoms. The Morgan fingerprint density at radius 3 is 2.62 bits per heavy atom. The molecule has 0 N–H and O–H groups in total. The van der Waals surface area contributed by atoms with E-state index in [1.807, 2.05) is 30.3 Å². The van der Waals surface area contributed by atoms with Crippen LogP contribution < -0.4 is 9.68 Å². The first-order valence-electron chi connectivity index (χ1n) is 4.99. The maximum Gasteiger partial charge on any atom is 0.195 e. The minimum Gasteiger partial charge on any atom is -0.873 e. The van der Waals surface area contributed by atoms with Crippen molar-refractivity contribution in [3.8, 4) is 5.75 Å². The van der Waals surface area contributed by atoms with Crippen LogP contribution in [-0.2, 0) is 0 Å². The van der Waals surface area contributed by atoms with Crippen molar-refractivity contribution in [3.05, 3.63) is 47.8 Å². The predicted molar refractivity (Wildman–Crippen MR) is 63.6 cm³/mol. The fourth-order valence-electron chi connectivity index (χ4n) is 1.88. The second kappa shape index (κ2) is 3.10. The van der Waals surface area contributed by atoms with Crippen LogP contribution in [0.3, 0.4) is 0 Å². The van der Waals surface area contributed by atoms with Gasteiger partial charge in [0.05, 0.1) is 0 Å². The summed E-state index contributed by atoms with van der Waals surface area (Å²) in [6, 6.07) is 12.7. The zero-order valence-electron chi connectivity index (χ0n) is 8.55. The first kappa shape index (κ1) is 8.97. The number of hydrogen-bond acceptors (Lipinski definition) is 1. The van der Waals surface area contributed by atoms with Crippen LogP contribution >= 0.6 is 0 Å². The Kier molecular flexibility index (Phi) is 1.74. The van der Waals surface area contributed by atoms with E-state index in [2.05, 4.69) is 12.0 Å². The first-order chi connectivity index (χ1) is 7.77. The molecular formula is C13H9N2O-. The minimum atomic E-state index is -0.0688. The third-order valence-electron chi connectivity index (χ3n) is 2.67. The molecule has 1 aliphatic rings. The smallest absolute Gasteiger partial charge is 0.195 e. The molecule has 0 unspecified atom stereocenters. The number of nitrogens with zero attached hydrogens (tertiary/aromatic N) is 2. The van der Waals surface area contributed by atoms with Crippen molar-refractivity contribution in [2.75, 3.05) is 0 Å². The highest BCUT2D eigenvalue weighted by atomic mass is 16.3. The molecule has 2 aromatic carbocycles. The third-order valence-corrected chi connectivity index (χ3v) is 2.67. The van der Waals surface area contributed by atoms with E-state index in [4.69, 9.17) is 0 Å². The predicted octanol–water partition coefficient (Wildman–Crippen LogP) is 2.95. The van der Waals surface area contributed by atoms with Gasteiger partial charge in [0.15, 0.2) is 11.4 Å². The second-order valence-corrected chi connectivity index (χ2v) is 3.65. The summed E-state index contributed by atoms with van der Waals surface area (Å²) in [6.07, 6.45) is 0. The summed E-state index contributed by atoms with van der Waals surface area (Å²) in [5.41, 5.74) is 2.93. The molecule has 3 nitrogen and oxygen atoms in total. The molecule has 0 radical (unpaired) electrons. The number of fused-ring (bicyclic) bond motifs is 2. The Labute approximate surface area is 93.3 Å². The zero-order valence-corrected chi connectivity index (χ0v) is 8.55. The molecule has 0 aliphatic carbocycles. The Morgan fingerprint density at radius 1 is 1.00 bits per heavy atom. The molecule has 2 aromatic rings. The molecule has 0 aromatic heterocycles. The van der Waals surface area contributed by atoms with Gasteiger partial charge in [-0.15, -0.1) is 5.75 Å². The summed E-state index contributed by atoms with van der Waals surface area (Å²) in [5.74, 6) is -0.0688. The number of rotatable bonds is 0. The molecule has 1 aliphatic heterocycles. The van der Waals surface area contributed by atoms with E-state index >= 15 is 0 Å². The normalized spacial score (nSPS) is 12.6. The van der Waals surface area contributed by atoms with Gasteiger partial charge in [0.25, 0.3) is 0 Å². The van der Waals surface area contributed by atoms with Gasteiger partial charge in [-0.25, -0.2) is 0 Å². The van der Waals surface area contributed by atoms with E-state index in [0.29, 0.717) is 5.69 Å². The highest BCUT2D eigenvalue weighted by molar-refractivity contribution is 5.93. The Balaban J connectivity index is 2.26. The molecule has 0 fully saturated rings. The average Bonchev–Trinajstić information content (AvgIpc) is 2.31. The average molecular weight is 209 g/mol. The summed E-state index contributed by atoms with van der Waals surface area (Å²) >= 11 is 0. The summed E-state index contributed by atoms with van der Waals surface area (Å²) in [7, 11) is 0. The first-order valence-corrected chi connectivity index (χ1v) is 4.99. The van der Waals surface area contributed by atoms with Gasteiger partial charge >= 0.3 is 0 Å². The van der Waals surface area contributed by atoms with Gasteiger partial charge in [-0.05, 0) is 0 Å². The maximum absolute atomic E-state index is 11.7. The Morgan fingerprint density at radius 2 is 1.75 bits per heavy atom. The van der Waals surface area contributed by atoms with E-state index in [1.165, 1.54) is 6.07 Å². The van der Waals surface area contributed by atoms with Gasteiger partial charge in [0.2, 0.25) is 0 Å². The van der Waals surface area contributed by atoms with Crippen LogP contribution in [0.5, 0.6) is 5.75 Å². The molecule has 0 spiro atoms. The van der Waals surface area contributed by atoms with Crippen molar-refractivity contribution < 1.29 is 5.11 Å². The quantitative estimate of drug-likeness (QED) is 0.525. The van der Waals surface area contributed by atoms with Crippen LogP contribution in [0.15, 0.2) is 42.5 Å². The van der Waals surface area contributed by atoms with Crippen molar-refractivity contribution in [1.82, 2.24) is 4.58 Å². The minimum absolute atomic E-state index is 0.0688. The van der Waals surface area contributed by atoms with Gasteiger partial charge in [0.1, 0.15) is 6.72 Å². The summed E-state index contributed by atoms with van der Waals surface area (Å²) in [6.45, 7) is 3.96. The lowest BCUT2D eigenvalue weighted by atomic mass is 10.1. The van der Waals surface area contributed by atoms with E-state index in [-0.39, 0.29) is 5.75 Å². The van der Waals surface area contributed by atoms with Crippen molar-refractivity contribution in [3.63, 3.8) is 0 Å². The topological polar surface area (TPSA) is 40.2 Å². The number of hydrogen-bond donors (Lipinski definition) is 0. The van der Waals surface area contributed by atoms with E-state index in [0.717, 1.165) is 17.1 Å². The van der Waals surface area contributed by atoms with Crippen molar-refractivity contribution >= 4 is 29.5 Å². The summed E-state index contributed by atoms with van der Waals surface area (Å²) in [5, 5.41) is 16.0. The van der Waals surface area contributed by atoms with E-state index in [1.54, 1.807) is 10.6 Å². The summed E-state index contributed by atoms with van der Waals surface area (Å²) < 4.78 is 1.75. The molecule has 0 amide bonds. The fourth-order valence-corrected chi connectivity index (χ4v) is 1.88. The van der Waals surface area contributed by atoms with Gasteiger partial charge < -0.3 is 10.4 Å². The molecule has 78 valence electrons. The molecule has 16 heavy (non-hydrogen) atoms. The highest BCUT2D eigenvalue weighted by Gasteiger charge is 2.17. The van der Waals surface area contributed by atoms with Gasteiger partial charge in [0, 0.05) is 12.1 Å². The molecule has 0 atom stereocenters. The zero-order chi connectivity index (χ0) is 11.1. The van der Waals surface area contributed by atoms with Gasteiger partial charge in [-0.2, -0.15) is 4.58 Å². The largest absolute Gasteiger partial charge is 0.873 e. The van der Waals surface area contributed by atoms with E-state index < -0.39 is 0 Å². The molecule has 0 saturated carbocycles. The molecular weight excluding hydrogens is 200 g/mol. The van der Waals surface area contributed by atoms with Crippen molar-refractivity contribution in [2.24, 2.45) is 0 Å². The SMILES string of the molecule is C=[N+]1c2ccccc2[N-]c2c([O-])cccc21. The Hall–Kier alpha value is -2.29. The molecule has 0 saturated heterocycles. The summed E-state index contributed by atoms with van der Waals surface area (Å²) in [4.78, 5) is 0. The van der Waals surface area contributed by atoms with Crippen LogP contribution in [0.2, 0.25) is 0 Å². The standard InChI is InChI=1S/C13H10N2O/c1-15-10-6-3-2-5-9(10)14-13-11(15)7-4-8-12(13)16/h2-8,16H,1H2/p-1. The van der Waals surface area contributed by atoms with Crippen molar-refractivity contribution in [2.45, 2.75) is 0 Å². The fraction of sp³-hybridized carbons (Fsp3) is 0. The molecule has 3 heteroatoms. The lowest BCUT2D eigenvalue weighted by molar-refractivity contribution is -0.266. The van der Waals surface area contributed by atoms with Gasteiger partial charge in [-0.1, -0.05) is 41.7 Å². The van der Waals surface area contributed by atoms with Crippen LogP contribution in [0.4, 0.5) is 22.7 Å². The van der Waals surface area contributed by atoms with Gasteiger partial charge in [-0.3, -0.25) is 0 Å². The highest BCUT2D eigenvalue weighted by Crippen LogP contribution is 2.51. The Bertz CT molecular complexity index is 590. The monoisotopic (exact) mass is 209 g/mol. The van der Waals surface area contributed by atoms with Crippen molar-refractivity contribution in [1.29, 1.82) is 0 Å². The van der Waals surface area contributed by atoms with Crippen LogP contribution in [0.1, 0.15) is 0 Å². The third kappa shape index (κ3) is 1.11. The second-order valence-electron chi connectivity index (χ2n) is 3.65. The number of para-hydroxylation sites is 3.